The zero-order chi connectivity index (χ0) is 12.1. The molecule has 0 saturated carbocycles. The highest BCUT2D eigenvalue weighted by molar-refractivity contribution is 5.61. The second-order valence-electron chi connectivity index (χ2n) is 3.55. The van der Waals surface area contributed by atoms with Crippen LogP contribution in [-0.2, 0) is 6.54 Å². The molecule has 2 aromatic rings. The molecule has 0 aliphatic rings. The molecule has 1 heterocycles. The summed E-state index contributed by atoms with van der Waals surface area (Å²) in [4.78, 5) is 0. The molecule has 0 aliphatic heterocycles. The fraction of sp³-hybridized carbons (Fsp3) is 0.273. The van der Waals surface area contributed by atoms with Gasteiger partial charge >= 0.3 is 0 Å². The van der Waals surface area contributed by atoms with Crippen LogP contribution in [0.1, 0.15) is 0 Å². The van der Waals surface area contributed by atoms with Crippen molar-refractivity contribution in [3.8, 4) is 5.75 Å². The number of hydrogen-bond donors (Lipinski definition) is 2. The van der Waals surface area contributed by atoms with Crippen molar-refractivity contribution in [3.63, 3.8) is 0 Å². The van der Waals surface area contributed by atoms with E-state index in [1.165, 1.54) is 0 Å². The Bertz CT molecular complexity index is 469. The molecule has 1 aromatic carbocycles. The number of nitrogens with one attached hydrogen (secondary N) is 1. The first kappa shape index (κ1) is 11.3. The maximum absolute atomic E-state index is 5.73. The van der Waals surface area contributed by atoms with Gasteiger partial charge in [-0.3, -0.25) is 4.68 Å². The number of nitrogens with two attached hydrogens (primary N) is 1. The average Bonchev–Trinajstić information content (AvgIpc) is 2.84. The highest BCUT2D eigenvalue weighted by Gasteiger charge is 2.00. The number of nitrogens with zero attached hydrogens (tertiary/aromatic N) is 3. The van der Waals surface area contributed by atoms with Crippen LogP contribution in [0.5, 0.6) is 5.75 Å². The molecule has 6 heteroatoms. The minimum absolute atomic E-state index is 0.634. The van der Waals surface area contributed by atoms with E-state index in [1.807, 2.05) is 24.4 Å². The standard InChI is InChI=1S/C11H15N5O/c1-17-11-8-9(2-3-10(11)12)13-4-6-16-7-5-14-15-16/h2-3,5,7-8,13H,4,6,12H2,1H3. The number of hydrogen-bond acceptors (Lipinski definition) is 5. The third kappa shape index (κ3) is 2.87. The number of aromatic nitrogens is 3. The van der Waals surface area contributed by atoms with Gasteiger partial charge in [-0.05, 0) is 12.1 Å². The van der Waals surface area contributed by atoms with Crippen molar-refractivity contribution in [3.05, 3.63) is 30.6 Å². The maximum Gasteiger partial charge on any atom is 0.143 e. The van der Waals surface area contributed by atoms with E-state index < -0.39 is 0 Å². The van der Waals surface area contributed by atoms with Crippen molar-refractivity contribution >= 4 is 11.4 Å². The third-order valence-electron chi connectivity index (χ3n) is 2.38. The molecular weight excluding hydrogens is 218 g/mol. The molecule has 17 heavy (non-hydrogen) atoms. The van der Waals surface area contributed by atoms with Crippen LogP contribution in [-0.4, -0.2) is 28.6 Å². The summed E-state index contributed by atoms with van der Waals surface area (Å²) in [6.07, 6.45) is 3.48. The highest BCUT2D eigenvalue weighted by Crippen LogP contribution is 2.24. The van der Waals surface area contributed by atoms with Crippen LogP contribution < -0.4 is 15.8 Å². The zero-order valence-electron chi connectivity index (χ0n) is 9.63. The van der Waals surface area contributed by atoms with Crippen molar-refractivity contribution in [2.24, 2.45) is 0 Å². The molecule has 0 atom stereocenters. The third-order valence-corrected chi connectivity index (χ3v) is 2.38. The van der Waals surface area contributed by atoms with Gasteiger partial charge in [0.15, 0.2) is 0 Å². The molecule has 2 rings (SSSR count). The van der Waals surface area contributed by atoms with E-state index in [1.54, 1.807) is 18.0 Å². The van der Waals surface area contributed by atoms with Crippen LogP contribution in [0.4, 0.5) is 11.4 Å². The lowest BCUT2D eigenvalue weighted by Gasteiger charge is -2.09. The molecule has 0 unspecified atom stereocenters. The van der Waals surface area contributed by atoms with Crippen molar-refractivity contribution in [2.45, 2.75) is 6.54 Å². The molecule has 0 bridgehead atoms. The van der Waals surface area contributed by atoms with Crippen molar-refractivity contribution in [2.75, 3.05) is 24.7 Å². The van der Waals surface area contributed by atoms with Gasteiger partial charge in [-0.25, -0.2) is 0 Å². The Labute approximate surface area is 99.4 Å². The first-order valence-electron chi connectivity index (χ1n) is 5.31. The monoisotopic (exact) mass is 233 g/mol. The van der Waals surface area contributed by atoms with Gasteiger partial charge in [-0.15, -0.1) is 5.10 Å². The van der Waals surface area contributed by atoms with Gasteiger partial charge in [0.05, 0.1) is 25.5 Å². The Morgan fingerprint density at radius 3 is 3.06 bits per heavy atom. The SMILES string of the molecule is COc1cc(NCCn2ccnn2)ccc1N. The van der Waals surface area contributed by atoms with Gasteiger partial charge in [0.2, 0.25) is 0 Å². The Balaban J connectivity index is 1.90. The summed E-state index contributed by atoms with van der Waals surface area (Å²) in [7, 11) is 1.60. The molecule has 0 spiro atoms. The van der Waals surface area contributed by atoms with E-state index in [4.69, 9.17) is 10.5 Å². The van der Waals surface area contributed by atoms with Crippen molar-refractivity contribution in [1.29, 1.82) is 0 Å². The molecule has 90 valence electrons. The van der Waals surface area contributed by atoms with Crippen molar-refractivity contribution in [1.82, 2.24) is 15.0 Å². The van der Waals surface area contributed by atoms with E-state index >= 15 is 0 Å². The Hall–Kier alpha value is -2.24. The lowest BCUT2D eigenvalue weighted by Crippen LogP contribution is -2.11. The smallest absolute Gasteiger partial charge is 0.143 e. The highest BCUT2D eigenvalue weighted by atomic mass is 16.5. The minimum Gasteiger partial charge on any atom is -0.495 e. The number of nitrogen functional groups attached to an aromatic ring is 1. The summed E-state index contributed by atoms with van der Waals surface area (Å²) in [6.45, 7) is 1.52. The molecule has 0 amide bonds. The van der Waals surface area contributed by atoms with Crippen LogP contribution in [0, 0.1) is 0 Å². The summed E-state index contributed by atoms with van der Waals surface area (Å²) in [5.41, 5.74) is 7.33. The van der Waals surface area contributed by atoms with Gasteiger partial charge in [0.1, 0.15) is 5.75 Å². The number of rotatable bonds is 5. The van der Waals surface area contributed by atoms with Crippen LogP contribution in [0.25, 0.3) is 0 Å². The summed E-state index contributed by atoms with van der Waals surface area (Å²) in [5, 5.41) is 10.9. The van der Waals surface area contributed by atoms with Crippen LogP contribution >= 0.6 is 0 Å². The Morgan fingerprint density at radius 2 is 2.35 bits per heavy atom. The topological polar surface area (TPSA) is 78.0 Å². The summed E-state index contributed by atoms with van der Waals surface area (Å²) in [5.74, 6) is 0.677. The van der Waals surface area contributed by atoms with E-state index in [0.717, 1.165) is 18.8 Å². The van der Waals surface area contributed by atoms with Gasteiger partial charge < -0.3 is 15.8 Å². The van der Waals surface area contributed by atoms with E-state index in [0.29, 0.717) is 11.4 Å². The second-order valence-corrected chi connectivity index (χ2v) is 3.55. The van der Waals surface area contributed by atoms with Crippen LogP contribution in [0.2, 0.25) is 0 Å². The summed E-state index contributed by atoms with van der Waals surface area (Å²) >= 11 is 0. The molecular formula is C11H15N5O. The second kappa shape index (κ2) is 5.20. The predicted molar refractivity (Wildman–Crippen MR) is 65.9 cm³/mol. The minimum atomic E-state index is 0.634. The Kier molecular flexibility index (Phi) is 3.44. The summed E-state index contributed by atoms with van der Waals surface area (Å²) in [6, 6.07) is 5.60. The first-order valence-corrected chi connectivity index (χ1v) is 5.31. The number of methoxy groups -OCH3 is 1. The fourth-order valence-electron chi connectivity index (χ4n) is 1.49. The maximum atomic E-state index is 5.73. The number of anilines is 2. The van der Waals surface area contributed by atoms with E-state index in [2.05, 4.69) is 15.6 Å². The normalized spacial score (nSPS) is 10.2. The van der Waals surface area contributed by atoms with Crippen LogP contribution in [0.15, 0.2) is 30.6 Å². The molecule has 0 saturated heterocycles. The van der Waals surface area contributed by atoms with Crippen molar-refractivity contribution < 1.29 is 4.74 Å². The fourth-order valence-corrected chi connectivity index (χ4v) is 1.49. The Morgan fingerprint density at radius 1 is 1.47 bits per heavy atom. The van der Waals surface area contributed by atoms with Gasteiger partial charge in [-0.2, -0.15) is 0 Å². The molecule has 0 fully saturated rings. The van der Waals surface area contributed by atoms with Gasteiger partial charge in [0, 0.05) is 24.5 Å². The molecule has 0 aliphatic carbocycles. The van der Waals surface area contributed by atoms with Crippen LogP contribution in [0.3, 0.4) is 0 Å². The number of ether oxygens (including phenoxy) is 1. The molecule has 3 N–H and O–H groups in total. The number of benzene rings is 1. The average molecular weight is 233 g/mol. The summed E-state index contributed by atoms with van der Waals surface area (Å²) < 4.78 is 6.91. The van der Waals surface area contributed by atoms with E-state index in [-0.39, 0.29) is 0 Å². The lowest BCUT2D eigenvalue weighted by molar-refractivity contribution is 0.417. The molecule has 1 aromatic heterocycles. The zero-order valence-corrected chi connectivity index (χ0v) is 9.63. The van der Waals surface area contributed by atoms with Gasteiger partial charge in [-0.1, -0.05) is 5.21 Å². The largest absolute Gasteiger partial charge is 0.495 e. The van der Waals surface area contributed by atoms with E-state index in [9.17, 15) is 0 Å². The molecule has 6 nitrogen and oxygen atoms in total. The first-order chi connectivity index (χ1) is 8.29. The molecule has 0 radical (unpaired) electrons. The lowest BCUT2D eigenvalue weighted by atomic mass is 10.2. The quantitative estimate of drug-likeness (QED) is 0.753. The predicted octanol–water partition coefficient (Wildman–Crippen LogP) is 0.981. The van der Waals surface area contributed by atoms with Gasteiger partial charge in [0.25, 0.3) is 0 Å².